The van der Waals surface area contributed by atoms with Gasteiger partial charge in [0.15, 0.2) is 6.61 Å². The largest absolute Gasteiger partial charge is 0.452 e. The molecule has 0 spiro atoms. The van der Waals surface area contributed by atoms with Gasteiger partial charge in [-0.1, -0.05) is 43.3 Å². The normalized spacial score (nSPS) is 15.5. The lowest BCUT2D eigenvalue weighted by atomic mass is 9.95. The van der Waals surface area contributed by atoms with E-state index in [9.17, 15) is 9.59 Å². The van der Waals surface area contributed by atoms with Crippen LogP contribution in [0.2, 0.25) is 0 Å². The molecule has 32 heavy (non-hydrogen) atoms. The molecule has 0 fully saturated rings. The number of hydrogen-bond donors (Lipinski definition) is 0. The predicted molar refractivity (Wildman–Crippen MR) is 124 cm³/mol. The molecule has 6 heteroatoms. The van der Waals surface area contributed by atoms with Crippen LogP contribution in [0, 0.1) is 0 Å². The molecule has 0 saturated carbocycles. The maximum Gasteiger partial charge on any atom is 0.339 e. The number of fused-ring (bicyclic) bond motifs is 3. The van der Waals surface area contributed by atoms with Gasteiger partial charge in [0.2, 0.25) is 0 Å². The number of nitrogens with zero attached hydrogens (tertiary/aromatic N) is 3. The number of carbonyl (C=O) groups is 2. The van der Waals surface area contributed by atoms with E-state index < -0.39 is 5.97 Å². The zero-order chi connectivity index (χ0) is 22.1. The Hall–Kier alpha value is -3.25. The van der Waals surface area contributed by atoms with E-state index in [-0.39, 0.29) is 12.5 Å². The number of ether oxygens (including phenoxy) is 1. The number of esters is 1. The second kappa shape index (κ2) is 8.71. The highest BCUT2D eigenvalue weighted by Crippen LogP contribution is 2.30. The lowest BCUT2D eigenvalue weighted by Crippen LogP contribution is -2.35. The van der Waals surface area contributed by atoms with Crippen LogP contribution in [0.5, 0.6) is 0 Å². The van der Waals surface area contributed by atoms with E-state index in [1.54, 1.807) is 4.90 Å². The zero-order valence-corrected chi connectivity index (χ0v) is 18.3. The van der Waals surface area contributed by atoms with Gasteiger partial charge in [-0.25, -0.2) is 4.79 Å². The molecule has 6 nitrogen and oxygen atoms in total. The molecule has 3 aromatic rings. The van der Waals surface area contributed by atoms with Crippen LogP contribution < -0.4 is 4.90 Å². The minimum Gasteiger partial charge on any atom is -0.452 e. The minimum absolute atomic E-state index is 0.192. The second-order valence-electron chi connectivity index (χ2n) is 8.46. The average molecular weight is 430 g/mol. The van der Waals surface area contributed by atoms with Crippen molar-refractivity contribution in [2.75, 3.05) is 31.1 Å². The van der Waals surface area contributed by atoms with Crippen LogP contribution in [0.1, 0.15) is 40.5 Å². The fourth-order valence-electron chi connectivity index (χ4n) is 4.86. The quantitative estimate of drug-likeness (QED) is 0.578. The van der Waals surface area contributed by atoms with Gasteiger partial charge in [0, 0.05) is 48.4 Å². The molecule has 0 saturated heterocycles. The van der Waals surface area contributed by atoms with Crippen molar-refractivity contribution in [3.05, 3.63) is 70.9 Å². The lowest BCUT2D eigenvalue weighted by molar-refractivity contribution is -0.121. The fraction of sp³-hybridized carbons (Fsp3) is 0.346. The van der Waals surface area contributed by atoms with Gasteiger partial charge in [0.1, 0.15) is 0 Å². The number of rotatable bonds is 5. The van der Waals surface area contributed by atoms with Gasteiger partial charge in [-0.05, 0) is 37.1 Å². The number of carbonyl (C=O) groups excluding carboxylic acids is 2. The van der Waals surface area contributed by atoms with Crippen LogP contribution in [-0.4, -0.2) is 48.0 Å². The minimum atomic E-state index is -0.445. The molecule has 0 atom stereocenters. The Labute approximate surface area is 187 Å². The molecular weight excluding hydrogens is 402 g/mol. The molecule has 0 N–H and O–H groups in total. The van der Waals surface area contributed by atoms with E-state index in [2.05, 4.69) is 11.8 Å². The van der Waals surface area contributed by atoms with Gasteiger partial charge in [-0.3, -0.25) is 14.7 Å². The highest BCUT2D eigenvalue weighted by Gasteiger charge is 2.28. The number of para-hydroxylation sites is 2. The van der Waals surface area contributed by atoms with Crippen molar-refractivity contribution in [2.45, 2.75) is 32.7 Å². The van der Waals surface area contributed by atoms with Crippen molar-refractivity contribution in [1.82, 2.24) is 9.88 Å². The SMILES string of the molecule is CCCN1CCc2nc3ccccc3c(C(=O)OCC(=O)N3CCc4ccccc43)c2C1. The van der Waals surface area contributed by atoms with Crippen LogP contribution in [0.25, 0.3) is 10.9 Å². The third-order valence-electron chi connectivity index (χ3n) is 6.38. The first-order valence-electron chi connectivity index (χ1n) is 11.3. The van der Waals surface area contributed by atoms with E-state index in [4.69, 9.17) is 9.72 Å². The molecule has 0 aliphatic carbocycles. The molecule has 0 bridgehead atoms. The van der Waals surface area contributed by atoms with Gasteiger partial charge in [-0.15, -0.1) is 0 Å². The van der Waals surface area contributed by atoms with Crippen molar-refractivity contribution in [3.8, 4) is 0 Å². The van der Waals surface area contributed by atoms with Gasteiger partial charge in [-0.2, -0.15) is 0 Å². The zero-order valence-electron chi connectivity index (χ0n) is 18.3. The van der Waals surface area contributed by atoms with Gasteiger partial charge in [0.25, 0.3) is 5.91 Å². The highest BCUT2D eigenvalue weighted by atomic mass is 16.5. The van der Waals surface area contributed by atoms with Crippen LogP contribution >= 0.6 is 0 Å². The summed E-state index contributed by atoms with van der Waals surface area (Å²) >= 11 is 0. The summed E-state index contributed by atoms with van der Waals surface area (Å²) in [4.78, 5) is 35.1. The Balaban J connectivity index is 1.41. The van der Waals surface area contributed by atoms with Crippen molar-refractivity contribution < 1.29 is 14.3 Å². The van der Waals surface area contributed by atoms with E-state index >= 15 is 0 Å². The van der Waals surface area contributed by atoms with Gasteiger partial charge in [0.05, 0.1) is 11.1 Å². The van der Waals surface area contributed by atoms with Crippen molar-refractivity contribution >= 4 is 28.5 Å². The maximum atomic E-state index is 13.3. The third-order valence-corrected chi connectivity index (χ3v) is 6.38. The van der Waals surface area contributed by atoms with E-state index in [0.29, 0.717) is 18.7 Å². The van der Waals surface area contributed by atoms with Crippen LogP contribution in [0.15, 0.2) is 48.5 Å². The van der Waals surface area contributed by atoms with E-state index in [0.717, 1.165) is 65.8 Å². The monoisotopic (exact) mass is 429 g/mol. The smallest absolute Gasteiger partial charge is 0.339 e. The summed E-state index contributed by atoms with van der Waals surface area (Å²) in [6.45, 7) is 5.11. The molecule has 5 rings (SSSR count). The summed E-state index contributed by atoms with van der Waals surface area (Å²) in [6.07, 6.45) is 2.69. The Kier molecular flexibility index (Phi) is 5.62. The standard InChI is InChI=1S/C26H27N3O3/c1-2-13-28-14-12-22-20(16-28)25(19-8-4-5-9-21(19)27-22)26(31)32-17-24(30)29-15-11-18-7-3-6-10-23(18)29/h3-10H,2,11-17H2,1H3. The predicted octanol–water partition coefficient (Wildman–Crippen LogP) is 3.75. The molecule has 1 aromatic heterocycles. The first kappa shape index (κ1) is 20.6. The molecule has 164 valence electrons. The first-order valence-corrected chi connectivity index (χ1v) is 11.3. The fourth-order valence-corrected chi connectivity index (χ4v) is 4.86. The molecule has 2 aromatic carbocycles. The van der Waals surface area contributed by atoms with Crippen LogP contribution in [-0.2, 0) is 28.9 Å². The molecule has 2 aliphatic heterocycles. The van der Waals surface area contributed by atoms with Gasteiger partial charge < -0.3 is 9.64 Å². The summed E-state index contributed by atoms with van der Waals surface area (Å²) in [5, 5.41) is 0.786. The topological polar surface area (TPSA) is 62.7 Å². The van der Waals surface area contributed by atoms with E-state index in [1.165, 1.54) is 0 Å². The highest BCUT2D eigenvalue weighted by molar-refractivity contribution is 6.06. The van der Waals surface area contributed by atoms with E-state index in [1.807, 2.05) is 48.5 Å². The Morgan fingerprint density at radius 2 is 1.84 bits per heavy atom. The number of benzene rings is 2. The second-order valence-corrected chi connectivity index (χ2v) is 8.46. The summed E-state index contributed by atoms with van der Waals surface area (Å²) in [5.74, 6) is -0.637. The third kappa shape index (κ3) is 3.75. The summed E-state index contributed by atoms with van der Waals surface area (Å²) in [7, 11) is 0. The molecule has 1 amide bonds. The Bertz CT molecular complexity index is 1190. The van der Waals surface area contributed by atoms with Crippen molar-refractivity contribution in [3.63, 3.8) is 0 Å². The number of aromatic nitrogens is 1. The molecular formula is C26H27N3O3. The Morgan fingerprint density at radius 3 is 2.72 bits per heavy atom. The molecule has 2 aliphatic rings. The lowest BCUT2D eigenvalue weighted by Gasteiger charge is -2.29. The number of amides is 1. The van der Waals surface area contributed by atoms with Crippen LogP contribution in [0.4, 0.5) is 5.69 Å². The summed E-state index contributed by atoms with van der Waals surface area (Å²) < 4.78 is 5.61. The van der Waals surface area contributed by atoms with Gasteiger partial charge >= 0.3 is 5.97 Å². The number of hydrogen-bond acceptors (Lipinski definition) is 5. The first-order chi connectivity index (χ1) is 15.7. The number of anilines is 1. The number of pyridine rings is 1. The molecule has 3 heterocycles. The Morgan fingerprint density at radius 1 is 1.03 bits per heavy atom. The molecule has 0 unspecified atom stereocenters. The average Bonchev–Trinajstić information content (AvgIpc) is 3.25. The van der Waals surface area contributed by atoms with Crippen LogP contribution in [0.3, 0.4) is 0 Å². The maximum absolute atomic E-state index is 13.3. The summed E-state index contributed by atoms with van der Waals surface area (Å²) in [6, 6.07) is 15.6. The molecule has 0 radical (unpaired) electrons. The van der Waals surface area contributed by atoms with Crippen molar-refractivity contribution in [2.24, 2.45) is 0 Å². The van der Waals surface area contributed by atoms with Crippen molar-refractivity contribution in [1.29, 1.82) is 0 Å². The summed E-state index contributed by atoms with van der Waals surface area (Å²) in [5.41, 5.74) is 5.31.